The Bertz CT molecular complexity index is 959. The largest absolute Gasteiger partial charge is 0.472 e. The Morgan fingerprint density at radius 2 is 0.945 bits per heavy atom. The van der Waals surface area contributed by atoms with Gasteiger partial charge in [-0.15, -0.1) is 0 Å². The van der Waals surface area contributed by atoms with Crippen LogP contribution in [0.1, 0.15) is 219 Å². The van der Waals surface area contributed by atoms with Crippen LogP contribution in [0.25, 0.3) is 0 Å². The molecule has 3 N–H and O–H groups in total. The van der Waals surface area contributed by atoms with Crippen LogP contribution in [0.2, 0.25) is 0 Å². The SMILES string of the molecule is CCCC/C=C\CCCCCCCC(=O)NCCOP(=O)(O)OCC(O)COC(=O)CCCCCCCCCCCCCCC/C=C/CCCCCCCC. The van der Waals surface area contributed by atoms with E-state index in [2.05, 4.69) is 43.5 Å². The van der Waals surface area contributed by atoms with Crippen molar-refractivity contribution in [3.63, 3.8) is 0 Å². The number of carbonyl (C=O) groups excluding carboxylic acids is 2. The Labute approximate surface area is 338 Å². The van der Waals surface area contributed by atoms with Crippen LogP contribution >= 0.6 is 7.82 Å². The summed E-state index contributed by atoms with van der Waals surface area (Å²) in [5.74, 6) is -0.522. The number of amides is 1. The molecule has 0 heterocycles. The second-order valence-corrected chi connectivity index (χ2v) is 16.8. The van der Waals surface area contributed by atoms with Crippen molar-refractivity contribution in [3.8, 4) is 0 Å². The normalized spacial score (nSPS) is 13.5. The molecule has 0 aromatic rings. The van der Waals surface area contributed by atoms with Crippen molar-refractivity contribution in [2.75, 3.05) is 26.4 Å². The highest BCUT2D eigenvalue weighted by Gasteiger charge is 2.23. The topological polar surface area (TPSA) is 131 Å². The van der Waals surface area contributed by atoms with Crippen molar-refractivity contribution in [1.29, 1.82) is 0 Å². The zero-order chi connectivity index (χ0) is 40.3. The molecule has 55 heavy (non-hydrogen) atoms. The molecule has 1 amide bonds. The molecule has 0 bridgehead atoms. The van der Waals surface area contributed by atoms with E-state index in [1.807, 2.05) is 0 Å². The van der Waals surface area contributed by atoms with Gasteiger partial charge in [0.25, 0.3) is 0 Å². The lowest BCUT2D eigenvalue weighted by Crippen LogP contribution is -2.27. The number of esters is 1. The van der Waals surface area contributed by atoms with E-state index in [1.165, 1.54) is 141 Å². The van der Waals surface area contributed by atoms with Gasteiger partial charge < -0.3 is 20.1 Å². The average Bonchev–Trinajstić information content (AvgIpc) is 3.17. The zero-order valence-corrected chi connectivity index (χ0v) is 36.5. The highest BCUT2D eigenvalue weighted by Crippen LogP contribution is 2.42. The molecule has 0 aliphatic carbocycles. The number of aliphatic hydroxyl groups is 1. The molecule has 324 valence electrons. The molecule has 2 atom stereocenters. The van der Waals surface area contributed by atoms with Crippen LogP contribution in [-0.4, -0.2) is 54.3 Å². The number of nitrogens with one attached hydrogen (secondary N) is 1. The standard InChI is InChI=1S/C45H86NO8P/c1-3-5-7-9-11-13-15-16-17-18-19-20-21-22-23-24-25-26-28-30-32-34-36-38-45(49)52-41-43(47)42-54-55(50,51)53-40-39-46-44(48)37-35-33-31-29-27-14-12-10-8-6-4-2/h10,12,16-17,43,47H,3-9,11,13-15,18-42H2,1-2H3,(H,46,48)(H,50,51)/b12-10-,17-16+. The van der Waals surface area contributed by atoms with E-state index >= 15 is 0 Å². The van der Waals surface area contributed by atoms with Gasteiger partial charge in [-0.3, -0.25) is 18.6 Å². The van der Waals surface area contributed by atoms with Gasteiger partial charge in [-0.1, -0.05) is 173 Å². The summed E-state index contributed by atoms with van der Waals surface area (Å²) in [5.41, 5.74) is 0. The van der Waals surface area contributed by atoms with Crippen molar-refractivity contribution in [1.82, 2.24) is 5.32 Å². The van der Waals surface area contributed by atoms with Crippen LogP contribution < -0.4 is 5.32 Å². The molecule has 0 aliphatic rings. The highest BCUT2D eigenvalue weighted by molar-refractivity contribution is 7.47. The minimum Gasteiger partial charge on any atom is -0.463 e. The van der Waals surface area contributed by atoms with Gasteiger partial charge in [0.1, 0.15) is 12.7 Å². The zero-order valence-electron chi connectivity index (χ0n) is 35.6. The third-order valence-electron chi connectivity index (χ3n) is 9.85. The quantitative estimate of drug-likeness (QED) is 0.0240. The minimum atomic E-state index is -4.41. The number of carbonyl (C=O) groups is 2. The molecule has 0 fully saturated rings. The van der Waals surface area contributed by atoms with Crippen LogP contribution in [0.15, 0.2) is 24.3 Å². The van der Waals surface area contributed by atoms with Gasteiger partial charge in [0.2, 0.25) is 5.91 Å². The van der Waals surface area contributed by atoms with Gasteiger partial charge >= 0.3 is 13.8 Å². The van der Waals surface area contributed by atoms with Crippen LogP contribution in [-0.2, 0) is 27.9 Å². The van der Waals surface area contributed by atoms with Crippen LogP contribution in [0.5, 0.6) is 0 Å². The third kappa shape index (κ3) is 43.5. The molecule has 0 spiro atoms. The van der Waals surface area contributed by atoms with Crippen molar-refractivity contribution < 1.29 is 37.9 Å². The summed E-state index contributed by atoms with van der Waals surface area (Å²) >= 11 is 0. The number of aliphatic hydroxyl groups excluding tert-OH is 1. The predicted octanol–water partition coefficient (Wildman–Crippen LogP) is 12.8. The fourth-order valence-corrected chi connectivity index (χ4v) is 7.11. The van der Waals surface area contributed by atoms with Gasteiger partial charge in [-0.05, 0) is 57.8 Å². The van der Waals surface area contributed by atoms with Gasteiger partial charge in [0, 0.05) is 19.4 Å². The summed E-state index contributed by atoms with van der Waals surface area (Å²) < 4.78 is 26.9. The first kappa shape index (κ1) is 53.5. The van der Waals surface area contributed by atoms with Crippen LogP contribution in [0.3, 0.4) is 0 Å². The lowest BCUT2D eigenvalue weighted by atomic mass is 10.0. The lowest BCUT2D eigenvalue weighted by Gasteiger charge is -2.15. The molecule has 0 aromatic heterocycles. The van der Waals surface area contributed by atoms with Gasteiger partial charge in [0.05, 0.1) is 13.2 Å². The number of hydrogen-bond acceptors (Lipinski definition) is 7. The number of phosphoric acid groups is 1. The van der Waals surface area contributed by atoms with Gasteiger partial charge in [0.15, 0.2) is 0 Å². The van der Waals surface area contributed by atoms with Gasteiger partial charge in [-0.2, -0.15) is 0 Å². The second-order valence-electron chi connectivity index (χ2n) is 15.4. The minimum absolute atomic E-state index is 0.0788. The van der Waals surface area contributed by atoms with E-state index < -0.39 is 26.5 Å². The fourth-order valence-electron chi connectivity index (χ4n) is 6.36. The van der Waals surface area contributed by atoms with E-state index in [1.54, 1.807) is 0 Å². The number of ether oxygens (including phenoxy) is 1. The lowest BCUT2D eigenvalue weighted by molar-refractivity contribution is -0.147. The number of phosphoric ester groups is 1. The highest BCUT2D eigenvalue weighted by atomic mass is 31.2. The van der Waals surface area contributed by atoms with E-state index in [4.69, 9.17) is 13.8 Å². The Kier molecular flexibility index (Phi) is 40.9. The molecule has 10 heteroatoms. The Hall–Kier alpha value is -1.51. The monoisotopic (exact) mass is 800 g/mol. The van der Waals surface area contributed by atoms with Crippen molar-refractivity contribution >= 4 is 19.7 Å². The molecule has 0 radical (unpaired) electrons. The average molecular weight is 800 g/mol. The van der Waals surface area contributed by atoms with E-state index in [9.17, 15) is 24.2 Å². The second kappa shape index (κ2) is 42.1. The first-order chi connectivity index (χ1) is 26.8. The maximum Gasteiger partial charge on any atom is 0.472 e. The summed E-state index contributed by atoms with van der Waals surface area (Å²) in [5, 5.41) is 12.7. The van der Waals surface area contributed by atoms with Crippen LogP contribution in [0.4, 0.5) is 0 Å². The van der Waals surface area contributed by atoms with Crippen molar-refractivity contribution in [3.05, 3.63) is 24.3 Å². The molecular weight excluding hydrogens is 713 g/mol. The summed E-state index contributed by atoms with van der Waals surface area (Å²) in [6.07, 6.45) is 45.5. The Balaban J connectivity index is 3.54. The molecule has 0 aliphatic heterocycles. The van der Waals surface area contributed by atoms with E-state index in [0.29, 0.717) is 6.42 Å². The Morgan fingerprint density at radius 1 is 0.545 bits per heavy atom. The Morgan fingerprint density at radius 3 is 1.42 bits per heavy atom. The molecule has 0 saturated carbocycles. The summed E-state index contributed by atoms with van der Waals surface area (Å²) in [7, 11) is -4.41. The predicted molar refractivity (Wildman–Crippen MR) is 229 cm³/mol. The molecule has 9 nitrogen and oxygen atoms in total. The third-order valence-corrected chi connectivity index (χ3v) is 10.8. The fraction of sp³-hybridized carbons (Fsp3) is 0.867. The molecule has 0 rings (SSSR count). The summed E-state index contributed by atoms with van der Waals surface area (Å²) in [4.78, 5) is 33.9. The molecule has 0 saturated heterocycles. The van der Waals surface area contributed by atoms with Gasteiger partial charge in [-0.25, -0.2) is 4.57 Å². The molecule has 2 unspecified atom stereocenters. The van der Waals surface area contributed by atoms with E-state index in [-0.39, 0.29) is 32.1 Å². The molecular formula is C45H86NO8P. The van der Waals surface area contributed by atoms with Crippen molar-refractivity contribution in [2.45, 2.75) is 225 Å². The smallest absolute Gasteiger partial charge is 0.463 e. The number of allylic oxidation sites excluding steroid dienone is 4. The molecule has 0 aromatic carbocycles. The van der Waals surface area contributed by atoms with E-state index in [0.717, 1.165) is 51.4 Å². The van der Waals surface area contributed by atoms with Crippen molar-refractivity contribution in [2.24, 2.45) is 0 Å². The number of hydrogen-bond donors (Lipinski definition) is 3. The summed E-state index contributed by atoms with van der Waals surface area (Å²) in [6.45, 7) is 3.52. The first-order valence-corrected chi connectivity index (χ1v) is 24.3. The maximum absolute atomic E-state index is 12.1. The summed E-state index contributed by atoms with van der Waals surface area (Å²) in [6, 6.07) is 0. The first-order valence-electron chi connectivity index (χ1n) is 22.8. The maximum atomic E-state index is 12.1. The number of unbranched alkanes of at least 4 members (excludes halogenated alkanes) is 26. The number of rotatable bonds is 43. The van der Waals surface area contributed by atoms with Crippen LogP contribution in [0, 0.1) is 0 Å².